The number of methoxy groups -OCH3 is 1. The van der Waals surface area contributed by atoms with Crippen LogP contribution in [0.25, 0.3) is 5.76 Å². The van der Waals surface area contributed by atoms with Crippen molar-refractivity contribution in [3.8, 4) is 5.75 Å². The Hall–Kier alpha value is -3.19. The van der Waals surface area contributed by atoms with E-state index in [-0.39, 0.29) is 17.9 Å². The van der Waals surface area contributed by atoms with E-state index in [0.29, 0.717) is 23.4 Å². The molecule has 30 heavy (non-hydrogen) atoms. The van der Waals surface area contributed by atoms with E-state index in [9.17, 15) is 19.1 Å². The molecule has 1 fully saturated rings. The van der Waals surface area contributed by atoms with E-state index in [1.807, 2.05) is 25.9 Å². The van der Waals surface area contributed by atoms with Crippen molar-refractivity contribution in [3.05, 3.63) is 70.5 Å². The smallest absolute Gasteiger partial charge is 0.295 e. The average Bonchev–Trinajstić information content (AvgIpc) is 2.96. The van der Waals surface area contributed by atoms with E-state index >= 15 is 0 Å². The molecule has 1 heterocycles. The molecule has 2 aromatic rings. The van der Waals surface area contributed by atoms with Crippen molar-refractivity contribution in [3.63, 3.8) is 0 Å². The molecule has 1 unspecified atom stereocenters. The Morgan fingerprint density at radius 3 is 2.40 bits per heavy atom. The van der Waals surface area contributed by atoms with Gasteiger partial charge in [-0.2, -0.15) is 0 Å². The molecule has 1 aliphatic heterocycles. The number of likely N-dealkylation sites (N-methyl/N-ethyl adjacent to an activating group) is 1. The number of halogens is 1. The first-order valence-electron chi connectivity index (χ1n) is 9.58. The minimum atomic E-state index is -0.798. The van der Waals surface area contributed by atoms with Crippen molar-refractivity contribution in [2.75, 3.05) is 34.3 Å². The van der Waals surface area contributed by atoms with Crippen LogP contribution in [-0.2, 0) is 9.59 Å². The molecule has 2 aromatic carbocycles. The number of hydrogen-bond acceptors (Lipinski definition) is 5. The minimum absolute atomic E-state index is 0.00469. The van der Waals surface area contributed by atoms with Gasteiger partial charge in [0.2, 0.25) is 0 Å². The number of aliphatic hydroxyl groups is 1. The summed E-state index contributed by atoms with van der Waals surface area (Å²) in [4.78, 5) is 29.0. The van der Waals surface area contributed by atoms with Gasteiger partial charge >= 0.3 is 0 Å². The Kier molecular flexibility index (Phi) is 6.22. The van der Waals surface area contributed by atoms with Crippen LogP contribution in [0.2, 0.25) is 0 Å². The highest BCUT2D eigenvalue weighted by molar-refractivity contribution is 6.46. The van der Waals surface area contributed by atoms with E-state index in [4.69, 9.17) is 4.74 Å². The van der Waals surface area contributed by atoms with Crippen LogP contribution >= 0.6 is 0 Å². The summed E-state index contributed by atoms with van der Waals surface area (Å²) in [5, 5.41) is 11.0. The summed E-state index contributed by atoms with van der Waals surface area (Å²) in [5.74, 6) is -1.48. The number of aliphatic hydroxyl groups excluding tert-OH is 1. The first-order valence-corrected chi connectivity index (χ1v) is 9.58. The summed E-state index contributed by atoms with van der Waals surface area (Å²) >= 11 is 0. The van der Waals surface area contributed by atoms with Gasteiger partial charge in [0.25, 0.3) is 11.7 Å². The van der Waals surface area contributed by atoms with E-state index < -0.39 is 23.5 Å². The Morgan fingerprint density at radius 1 is 1.17 bits per heavy atom. The summed E-state index contributed by atoms with van der Waals surface area (Å²) < 4.78 is 18.7. The quantitative estimate of drug-likeness (QED) is 0.449. The van der Waals surface area contributed by atoms with Gasteiger partial charge in [-0.05, 0) is 62.5 Å². The van der Waals surface area contributed by atoms with Crippen molar-refractivity contribution >= 4 is 17.4 Å². The van der Waals surface area contributed by atoms with Gasteiger partial charge in [-0.1, -0.05) is 12.1 Å². The first-order chi connectivity index (χ1) is 14.2. The molecule has 0 aromatic heterocycles. The summed E-state index contributed by atoms with van der Waals surface area (Å²) in [6.45, 7) is 2.65. The predicted molar refractivity (Wildman–Crippen MR) is 112 cm³/mol. The van der Waals surface area contributed by atoms with E-state index in [1.54, 1.807) is 25.3 Å². The number of nitrogens with zero attached hydrogens (tertiary/aromatic N) is 2. The maximum Gasteiger partial charge on any atom is 0.295 e. The summed E-state index contributed by atoms with van der Waals surface area (Å²) in [6, 6.07) is 9.84. The lowest BCUT2D eigenvalue weighted by Crippen LogP contribution is -2.35. The highest BCUT2D eigenvalue weighted by Gasteiger charge is 2.45. The molecule has 158 valence electrons. The standard InChI is InChI=1S/C23H25FN2O4/c1-14-13-16(7-10-18(14)30-4)21(27)19-20(15-5-8-17(24)9-6-15)26(12-11-25(2)3)23(29)22(19)28/h5-10,13,20,27H,11-12H2,1-4H3/b21-19-. The Bertz CT molecular complexity index is 999. The number of benzene rings is 2. The van der Waals surface area contributed by atoms with Crippen molar-refractivity contribution in [2.24, 2.45) is 0 Å². The molecule has 1 amide bonds. The third-order valence-corrected chi connectivity index (χ3v) is 5.18. The van der Waals surface area contributed by atoms with Crippen LogP contribution in [0.3, 0.4) is 0 Å². The first kappa shape index (κ1) is 21.5. The second-order valence-corrected chi connectivity index (χ2v) is 7.53. The molecule has 1 N–H and O–H groups in total. The minimum Gasteiger partial charge on any atom is -0.507 e. The lowest BCUT2D eigenvalue weighted by atomic mass is 9.94. The maximum atomic E-state index is 13.5. The van der Waals surface area contributed by atoms with Crippen LogP contribution in [0.4, 0.5) is 4.39 Å². The van der Waals surface area contributed by atoms with Crippen molar-refractivity contribution in [1.29, 1.82) is 0 Å². The summed E-state index contributed by atoms with van der Waals surface area (Å²) in [5.41, 5.74) is 1.74. The van der Waals surface area contributed by atoms with Crippen molar-refractivity contribution < 1.29 is 23.8 Å². The van der Waals surface area contributed by atoms with Gasteiger partial charge in [0, 0.05) is 18.7 Å². The average molecular weight is 412 g/mol. The predicted octanol–water partition coefficient (Wildman–Crippen LogP) is 3.13. The van der Waals surface area contributed by atoms with Crippen LogP contribution in [-0.4, -0.2) is 60.9 Å². The van der Waals surface area contributed by atoms with Crippen LogP contribution in [0.1, 0.15) is 22.7 Å². The van der Waals surface area contributed by atoms with E-state index in [0.717, 1.165) is 5.56 Å². The number of Topliss-reactive ketones (excluding diaryl/α,β-unsaturated/α-hetero) is 1. The monoisotopic (exact) mass is 412 g/mol. The normalized spacial score (nSPS) is 18.3. The number of hydrogen-bond donors (Lipinski definition) is 1. The van der Waals surface area contributed by atoms with E-state index in [2.05, 4.69) is 0 Å². The number of amides is 1. The van der Waals surface area contributed by atoms with Crippen LogP contribution in [0.5, 0.6) is 5.75 Å². The summed E-state index contributed by atoms with van der Waals surface area (Å²) in [7, 11) is 5.28. The fourth-order valence-electron chi connectivity index (χ4n) is 3.59. The Balaban J connectivity index is 2.14. The third-order valence-electron chi connectivity index (χ3n) is 5.18. The SMILES string of the molecule is COc1ccc(/C(O)=C2/C(=O)C(=O)N(CCN(C)C)C2c2ccc(F)cc2)cc1C. The number of ether oxygens (including phenoxy) is 1. The number of likely N-dealkylation sites (tertiary alicyclic amines) is 1. The number of carbonyl (C=O) groups excluding carboxylic acids is 2. The summed E-state index contributed by atoms with van der Waals surface area (Å²) in [6.07, 6.45) is 0. The molecule has 6 nitrogen and oxygen atoms in total. The molecule has 0 radical (unpaired) electrons. The highest BCUT2D eigenvalue weighted by atomic mass is 19.1. The van der Waals surface area contributed by atoms with Gasteiger partial charge in [0.1, 0.15) is 17.3 Å². The molecule has 1 atom stereocenters. The zero-order chi connectivity index (χ0) is 22.0. The number of rotatable bonds is 6. The molecule has 3 rings (SSSR count). The van der Waals surface area contributed by atoms with Crippen molar-refractivity contribution in [1.82, 2.24) is 9.80 Å². The van der Waals surface area contributed by atoms with Gasteiger partial charge in [0.15, 0.2) is 0 Å². The third kappa shape index (κ3) is 4.07. The lowest BCUT2D eigenvalue weighted by Gasteiger charge is -2.26. The van der Waals surface area contributed by atoms with Gasteiger partial charge in [-0.3, -0.25) is 9.59 Å². The van der Waals surface area contributed by atoms with Crippen molar-refractivity contribution in [2.45, 2.75) is 13.0 Å². The number of ketones is 1. The number of aryl methyl sites for hydroxylation is 1. The van der Waals surface area contributed by atoms with Gasteiger partial charge in [-0.25, -0.2) is 4.39 Å². The van der Waals surface area contributed by atoms with Gasteiger partial charge < -0.3 is 19.6 Å². The molecule has 7 heteroatoms. The second-order valence-electron chi connectivity index (χ2n) is 7.53. The maximum absolute atomic E-state index is 13.5. The van der Waals surface area contributed by atoms with Crippen LogP contribution in [0.15, 0.2) is 48.0 Å². The molecule has 0 aliphatic carbocycles. The molecular weight excluding hydrogens is 387 g/mol. The topological polar surface area (TPSA) is 70.1 Å². The molecule has 1 saturated heterocycles. The van der Waals surface area contributed by atoms with E-state index in [1.165, 1.54) is 29.2 Å². The second kappa shape index (κ2) is 8.67. The zero-order valence-electron chi connectivity index (χ0n) is 17.5. The fraction of sp³-hybridized carbons (Fsp3) is 0.304. The molecule has 1 aliphatic rings. The molecular formula is C23H25FN2O4. The molecule has 0 saturated carbocycles. The van der Waals surface area contributed by atoms with Crippen LogP contribution in [0, 0.1) is 12.7 Å². The number of carbonyl (C=O) groups is 2. The largest absolute Gasteiger partial charge is 0.507 e. The molecule has 0 bridgehead atoms. The Morgan fingerprint density at radius 2 is 1.83 bits per heavy atom. The van der Waals surface area contributed by atoms with Gasteiger partial charge in [0.05, 0.1) is 18.7 Å². The van der Waals surface area contributed by atoms with Gasteiger partial charge in [-0.15, -0.1) is 0 Å². The highest BCUT2D eigenvalue weighted by Crippen LogP contribution is 2.39. The lowest BCUT2D eigenvalue weighted by molar-refractivity contribution is -0.140. The fourth-order valence-corrected chi connectivity index (χ4v) is 3.59. The zero-order valence-corrected chi connectivity index (χ0v) is 17.5. The molecule has 0 spiro atoms. The van der Waals surface area contributed by atoms with Crippen LogP contribution < -0.4 is 4.74 Å². The Labute approximate surface area is 175 Å².